The van der Waals surface area contributed by atoms with E-state index < -0.39 is 56.1 Å². The Bertz CT molecular complexity index is 1120. The number of phenols is 1. The number of rotatable bonds is 8. The number of alkyl halides is 3. The third-order valence-electron chi connectivity index (χ3n) is 4.89. The first-order chi connectivity index (χ1) is 15.2. The number of ether oxygens (including phenoxy) is 1. The van der Waals surface area contributed by atoms with Gasteiger partial charge in [-0.05, 0) is 30.5 Å². The van der Waals surface area contributed by atoms with Gasteiger partial charge in [0.2, 0.25) is 0 Å². The van der Waals surface area contributed by atoms with Crippen LogP contribution in [0.4, 0.5) is 17.6 Å². The summed E-state index contributed by atoms with van der Waals surface area (Å²) in [4.78, 5) is 11.3. The lowest BCUT2D eigenvalue weighted by atomic mass is 9.97. The van der Waals surface area contributed by atoms with Crippen LogP contribution in [0, 0.1) is 11.7 Å². The summed E-state index contributed by atoms with van der Waals surface area (Å²) < 4.78 is 86.1. The summed E-state index contributed by atoms with van der Waals surface area (Å²) >= 11 is 0. The third-order valence-corrected chi connectivity index (χ3v) is 6.04. The molecule has 0 fully saturated rings. The SMILES string of the molecule is COC(=O)C(CC(C)C)NC(c1cc(O)c(-c2ccccc2F)cc1S(C)(=O)=O)C(F)(F)F. The van der Waals surface area contributed by atoms with Crippen molar-refractivity contribution in [2.24, 2.45) is 5.92 Å². The number of halogens is 4. The monoisotopic (exact) mass is 491 g/mol. The fraction of sp³-hybridized carbons (Fsp3) is 0.409. The third kappa shape index (κ3) is 6.44. The van der Waals surface area contributed by atoms with E-state index in [4.69, 9.17) is 0 Å². The van der Waals surface area contributed by atoms with Crippen molar-refractivity contribution < 1.29 is 40.6 Å². The number of hydrogen-bond acceptors (Lipinski definition) is 6. The summed E-state index contributed by atoms with van der Waals surface area (Å²) in [6.07, 6.45) is -4.37. The van der Waals surface area contributed by atoms with Crippen LogP contribution in [0.25, 0.3) is 11.1 Å². The zero-order chi connectivity index (χ0) is 25.1. The second kappa shape index (κ2) is 10.1. The van der Waals surface area contributed by atoms with Crippen LogP contribution in [-0.4, -0.2) is 45.1 Å². The summed E-state index contributed by atoms with van der Waals surface area (Å²) in [6, 6.07) is 2.52. The molecule has 33 heavy (non-hydrogen) atoms. The Balaban J connectivity index is 2.75. The minimum absolute atomic E-state index is 0.0211. The Kier molecular flexibility index (Phi) is 8.13. The largest absolute Gasteiger partial charge is 0.507 e. The molecule has 0 saturated carbocycles. The maximum absolute atomic E-state index is 14.2. The highest BCUT2D eigenvalue weighted by atomic mass is 32.2. The molecule has 2 rings (SSSR count). The predicted molar refractivity (Wildman–Crippen MR) is 114 cm³/mol. The van der Waals surface area contributed by atoms with Crippen molar-refractivity contribution in [3.05, 3.63) is 47.8 Å². The standard InChI is InChI=1S/C22H25F4NO5S/c1-12(2)9-17(21(29)32-3)27-20(22(24,25)26)15-10-18(28)14(11-19(15)33(4,30)31)13-7-5-6-8-16(13)23/h5-8,10-12,17,20,27-28H,9H2,1-4H3. The Morgan fingerprint density at radius 3 is 2.24 bits per heavy atom. The van der Waals surface area contributed by atoms with Crippen molar-refractivity contribution in [2.45, 2.75) is 43.4 Å². The van der Waals surface area contributed by atoms with Crippen LogP contribution in [0.5, 0.6) is 5.75 Å². The predicted octanol–water partition coefficient (Wildman–Crippen LogP) is 4.38. The lowest BCUT2D eigenvalue weighted by Crippen LogP contribution is -2.46. The Morgan fingerprint density at radius 2 is 1.76 bits per heavy atom. The van der Waals surface area contributed by atoms with E-state index in [0.29, 0.717) is 12.3 Å². The molecule has 182 valence electrons. The summed E-state index contributed by atoms with van der Waals surface area (Å²) in [5, 5.41) is 12.6. The maximum Gasteiger partial charge on any atom is 0.407 e. The molecule has 0 bridgehead atoms. The van der Waals surface area contributed by atoms with Crippen LogP contribution < -0.4 is 5.32 Å². The average Bonchev–Trinajstić information content (AvgIpc) is 2.69. The van der Waals surface area contributed by atoms with Crippen molar-refractivity contribution >= 4 is 15.8 Å². The number of methoxy groups -OCH3 is 1. The smallest absolute Gasteiger partial charge is 0.407 e. The minimum Gasteiger partial charge on any atom is -0.507 e. The second-order valence-electron chi connectivity index (χ2n) is 8.01. The number of carbonyl (C=O) groups excluding carboxylic acids is 1. The molecule has 0 aliphatic rings. The van der Waals surface area contributed by atoms with Crippen molar-refractivity contribution in [3.63, 3.8) is 0 Å². The van der Waals surface area contributed by atoms with Gasteiger partial charge in [0.25, 0.3) is 0 Å². The molecule has 0 saturated heterocycles. The van der Waals surface area contributed by atoms with Gasteiger partial charge >= 0.3 is 12.1 Å². The number of esters is 1. The number of sulfone groups is 1. The lowest BCUT2D eigenvalue weighted by Gasteiger charge is -2.29. The van der Waals surface area contributed by atoms with Crippen molar-refractivity contribution in [1.29, 1.82) is 0 Å². The number of aromatic hydroxyl groups is 1. The molecule has 0 aliphatic carbocycles. The van der Waals surface area contributed by atoms with Gasteiger partial charge < -0.3 is 9.84 Å². The Hall–Kier alpha value is -2.66. The average molecular weight is 492 g/mol. The summed E-state index contributed by atoms with van der Waals surface area (Å²) in [7, 11) is -3.25. The van der Waals surface area contributed by atoms with Crippen molar-refractivity contribution in [1.82, 2.24) is 5.32 Å². The fourth-order valence-corrected chi connectivity index (χ4v) is 4.37. The summed E-state index contributed by atoms with van der Waals surface area (Å²) in [6.45, 7) is 3.38. The van der Waals surface area contributed by atoms with Gasteiger partial charge in [-0.3, -0.25) is 10.1 Å². The first kappa shape index (κ1) is 26.6. The zero-order valence-electron chi connectivity index (χ0n) is 18.4. The quantitative estimate of drug-likeness (QED) is 0.421. The molecule has 6 nitrogen and oxygen atoms in total. The molecule has 2 aromatic rings. The van der Waals surface area contributed by atoms with Gasteiger partial charge in [-0.15, -0.1) is 0 Å². The van der Waals surface area contributed by atoms with E-state index in [0.717, 1.165) is 19.2 Å². The van der Waals surface area contributed by atoms with E-state index in [1.165, 1.54) is 18.2 Å². The van der Waals surface area contributed by atoms with Gasteiger partial charge in [-0.25, -0.2) is 12.8 Å². The molecule has 0 amide bonds. The highest BCUT2D eigenvalue weighted by Crippen LogP contribution is 2.42. The fourth-order valence-electron chi connectivity index (χ4n) is 3.43. The van der Waals surface area contributed by atoms with Crippen molar-refractivity contribution in [2.75, 3.05) is 13.4 Å². The molecule has 11 heteroatoms. The van der Waals surface area contributed by atoms with Gasteiger partial charge in [-0.1, -0.05) is 32.0 Å². The number of nitrogens with one attached hydrogen (secondary N) is 1. The molecule has 2 atom stereocenters. The van der Waals surface area contributed by atoms with E-state index in [9.17, 15) is 35.9 Å². The molecule has 0 spiro atoms. The number of hydrogen-bond donors (Lipinski definition) is 2. The maximum atomic E-state index is 14.2. The molecule has 0 radical (unpaired) electrons. The van der Waals surface area contributed by atoms with E-state index >= 15 is 0 Å². The van der Waals surface area contributed by atoms with Crippen LogP contribution in [0.2, 0.25) is 0 Å². The highest BCUT2D eigenvalue weighted by Gasteiger charge is 2.45. The first-order valence-electron chi connectivity index (χ1n) is 9.89. The molecular weight excluding hydrogens is 466 g/mol. The van der Waals surface area contributed by atoms with E-state index in [-0.39, 0.29) is 23.5 Å². The Morgan fingerprint density at radius 1 is 1.15 bits per heavy atom. The van der Waals surface area contributed by atoms with Crippen LogP contribution in [0.3, 0.4) is 0 Å². The molecular formula is C22H25F4NO5S. The normalized spacial score (nSPS) is 14.2. The van der Waals surface area contributed by atoms with Crippen molar-refractivity contribution in [3.8, 4) is 16.9 Å². The topological polar surface area (TPSA) is 92.7 Å². The minimum atomic E-state index is -5.05. The van der Waals surface area contributed by atoms with E-state index in [1.54, 1.807) is 13.8 Å². The van der Waals surface area contributed by atoms with Gasteiger partial charge in [-0.2, -0.15) is 13.2 Å². The molecule has 0 aromatic heterocycles. The van der Waals surface area contributed by atoms with Crippen LogP contribution in [0.1, 0.15) is 31.9 Å². The van der Waals surface area contributed by atoms with Crippen LogP contribution in [-0.2, 0) is 19.4 Å². The lowest BCUT2D eigenvalue weighted by molar-refractivity contribution is -0.165. The number of phenolic OH excluding ortho intramolecular Hbond substituents is 1. The number of carbonyl (C=O) groups is 1. The summed E-state index contributed by atoms with van der Waals surface area (Å²) in [5.41, 5.74) is -1.29. The Labute approximate surface area is 189 Å². The van der Waals surface area contributed by atoms with Crippen LogP contribution >= 0.6 is 0 Å². The van der Waals surface area contributed by atoms with Gasteiger partial charge in [0.05, 0.1) is 12.0 Å². The van der Waals surface area contributed by atoms with Gasteiger partial charge in [0.15, 0.2) is 9.84 Å². The van der Waals surface area contributed by atoms with Gasteiger partial charge in [0, 0.05) is 22.9 Å². The van der Waals surface area contributed by atoms with Gasteiger partial charge in [0.1, 0.15) is 23.7 Å². The van der Waals surface area contributed by atoms with E-state index in [1.807, 2.05) is 0 Å². The molecule has 2 aromatic carbocycles. The molecule has 2 N–H and O–H groups in total. The molecule has 0 aliphatic heterocycles. The second-order valence-corrected chi connectivity index (χ2v) is 9.99. The zero-order valence-corrected chi connectivity index (χ0v) is 19.2. The molecule has 0 heterocycles. The highest BCUT2D eigenvalue weighted by molar-refractivity contribution is 7.90. The summed E-state index contributed by atoms with van der Waals surface area (Å²) in [5.74, 6) is -2.70. The number of benzene rings is 2. The van der Waals surface area contributed by atoms with E-state index in [2.05, 4.69) is 10.1 Å². The first-order valence-corrected chi connectivity index (χ1v) is 11.8. The van der Waals surface area contributed by atoms with Crippen LogP contribution in [0.15, 0.2) is 41.3 Å². The molecule has 2 unspecified atom stereocenters.